The van der Waals surface area contributed by atoms with E-state index in [4.69, 9.17) is 0 Å². The molecule has 0 saturated carbocycles. The second kappa shape index (κ2) is 4.14. The highest BCUT2D eigenvalue weighted by Gasteiger charge is 2.20. The van der Waals surface area contributed by atoms with Gasteiger partial charge in [0.15, 0.2) is 0 Å². The smallest absolute Gasteiger partial charge is 0.326 e. The number of imidazole rings is 1. The van der Waals surface area contributed by atoms with Crippen LogP contribution in [0.5, 0.6) is 5.75 Å². The van der Waals surface area contributed by atoms with Crippen molar-refractivity contribution in [3.8, 4) is 5.75 Å². The molecule has 2 heterocycles. The summed E-state index contributed by atoms with van der Waals surface area (Å²) in [5.74, 6) is 2.40. The predicted octanol–water partition coefficient (Wildman–Crippen LogP) is 2.10. The molecule has 0 radical (unpaired) electrons. The van der Waals surface area contributed by atoms with Gasteiger partial charge in [-0.3, -0.25) is 4.57 Å². The van der Waals surface area contributed by atoms with Gasteiger partial charge >= 0.3 is 5.69 Å². The maximum absolute atomic E-state index is 12.0. The molecule has 0 bridgehead atoms. The van der Waals surface area contributed by atoms with Gasteiger partial charge in [0.2, 0.25) is 0 Å². The van der Waals surface area contributed by atoms with Crippen molar-refractivity contribution < 1.29 is 5.11 Å². The highest BCUT2D eigenvalue weighted by molar-refractivity contribution is 7.99. The maximum atomic E-state index is 12.0. The fraction of sp³-hybridized carbons (Fsp3) is 0.417. The van der Waals surface area contributed by atoms with Gasteiger partial charge in [0.1, 0.15) is 5.75 Å². The number of hydrogen-bond donors (Lipinski definition) is 2. The summed E-state index contributed by atoms with van der Waals surface area (Å²) in [7, 11) is 0. The normalized spacial score (nSPS) is 17.6. The summed E-state index contributed by atoms with van der Waals surface area (Å²) in [5, 5.41) is 9.53. The second-order valence-electron chi connectivity index (χ2n) is 4.35. The molecule has 2 aromatic rings. The lowest BCUT2D eigenvalue weighted by Gasteiger charge is -2.22. The average molecular weight is 250 g/mol. The van der Waals surface area contributed by atoms with E-state index in [0.29, 0.717) is 0 Å². The predicted molar refractivity (Wildman–Crippen MR) is 69.8 cm³/mol. The van der Waals surface area contributed by atoms with Crippen molar-refractivity contribution in [1.29, 1.82) is 0 Å². The van der Waals surface area contributed by atoms with Crippen LogP contribution in [0.4, 0.5) is 0 Å². The monoisotopic (exact) mass is 250 g/mol. The van der Waals surface area contributed by atoms with Crippen LogP contribution in [0.25, 0.3) is 11.0 Å². The van der Waals surface area contributed by atoms with E-state index < -0.39 is 0 Å². The number of thioether (sulfide) groups is 1. The molecule has 5 heteroatoms. The van der Waals surface area contributed by atoms with Crippen molar-refractivity contribution in [3.63, 3.8) is 0 Å². The number of phenolic OH excluding ortho intramolecular Hbond substituents is 1. The van der Waals surface area contributed by atoms with Crippen molar-refractivity contribution in [2.24, 2.45) is 0 Å². The first-order valence-corrected chi connectivity index (χ1v) is 6.92. The number of rotatable bonds is 1. The summed E-state index contributed by atoms with van der Waals surface area (Å²) in [6, 6.07) is 5.27. The number of phenols is 1. The van der Waals surface area contributed by atoms with E-state index in [9.17, 15) is 9.90 Å². The highest BCUT2D eigenvalue weighted by Crippen LogP contribution is 2.29. The molecule has 0 spiro atoms. The highest BCUT2D eigenvalue weighted by atomic mass is 32.2. The van der Waals surface area contributed by atoms with E-state index in [0.717, 1.165) is 35.4 Å². The van der Waals surface area contributed by atoms with Gasteiger partial charge in [0.05, 0.1) is 11.0 Å². The third kappa shape index (κ3) is 1.84. The topological polar surface area (TPSA) is 58.0 Å². The minimum absolute atomic E-state index is 0.0671. The minimum atomic E-state index is -0.0671. The number of aromatic nitrogens is 2. The van der Waals surface area contributed by atoms with E-state index in [1.807, 2.05) is 11.8 Å². The molecule has 1 aromatic carbocycles. The Bertz CT molecular complexity index is 596. The molecule has 4 nitrogen and oxygen atoms in total. The standard InChI is InChI=1S/C12H14N2O2S/c15-9-1-2-10-11(7-9)14(12(16)13-10)8-3-5-17-6-4-8/h1-2,7-8,15H,3-6H2,(H,13,16). The summed E-state index contributed by atoms with van der Waals surface area (Å²) in [6.07, 6.45) is 2.04. The van der Waals surface area contributed by atoms with Crippen LogP contribution in [0.3, 0.4) is 0 Å². The van der Waals surface area contributed by atoms with Crippen molar-refractivity contribution in [2.45, 2.75) is 18.9 Å². The lowest BCUT2D eigenvalue weighted by molar-refractivity contribution is 0.464. The van der Waals surface area contributed by atoms with Crippen LogP contribution in [-0.2, 0) is 0 Å². The Morgan fingerprint density at radius 2 is 2.12 bits per heavy atom. The maximum Gasteiger partial charge on any atom is 0.326 e. The van der Waals surface area contributed by atoms with Crippen LogP contribution >= 0.6 is 11.8 Å². The molecule has 90 valence electrons. The number of nitrogens with zero attached hydrogens (tertiary/aromatic N) is 1. The van der Waals surface area contributed by atoms with Gasteiger partial charge in [-0.05, 0) is 36.5 Å². The summed E-state index contributed by atoms with van der Waals surface area (Å²) >= 11 is 1.94. The Labute approximate surface area is 103 Å². The number of nitrogens with one attached hydrogen (secondary N) is 1. The lowest BCUT2D eigenvalue weighted by atomic mass is 10.1. The molecule has 1 aromatic heterocycles. The van der Waals surface area contributed by atoms with Crippen molar-refractivity contribution in [3.05, 3.63) is 28.7 Å². The third-order valence-corrected chi connectivity index (χ3v) is 4.31. The van der Waals surface area contributed by atoms with E-state index >= 15 is 0 Å². The number of H-pyrrole nitrogens is 1. The van der Waals surface area contributed by atoms with Gasteiger partial charge < -0.3 is 10.1 Å². The first kappa shape index (κ1) is 10.8. The number of aromatic amines is 1. The molecule has 0 amide bonds. The molecule has 3 rings (SSSR count). The van der Waals surface area contributed by atoms with Crippen molar-refractivity contribution >= 4 is 22.8 Å². The lowest BCUT2D eigenvalue weighted by Crippen LogP contribution is -2.25. The quantitative estimate of drug-likeness (QED) is 0.815. The summed E-state index contributed by atoms with van der Waals surface area (Å²) in [5.41, 5.74) is 1.54. The number of aromatic hydroxyl groups is 1. The van der Waals surface area contributed by atoms with Crippen LogP contribution in [0.15, 0.2) is 23.0 Å². The molecular weight excluding hydrogens is 236 g/mol. The molecule has 1 saturated heterocycles. The van der Waals surface area contributed by atoms with Crippen LogP contribution in [0.2, 0.25) is 0 Å². The number of fused-ring (bicyclic) bond motifs is 1. The Hall–Kier alpha value is -1.36. The molecule has 2 N–H and O–H groups in total. The van der Waals surface area contributed by atoms with E-state index in [-0.39, 0.29) is 17.5 Å². The van der Waals surface area contributed by atoms with Crippen LogP contribution in [0, 0.1) is 0 Å². The van der Waals surface area contributed by atoms with Crippen molar-refractivity contribution in [2.75, 3.05) is 11.5 Å². The molecule has 1 aliphatic rings. The largest absolute Gasteiger partial charge is 0.508 e. The third-order valence-electron chi connectivity index (χ3n) is 3.26. The molecule has 17 heavy (non-hydrogen) atoms. The summed E-state index contributed by atoms with van der Waals surface area (Å²) in [6.45, 7) is 0. The Balaban J connectivity index is 2.16. The van der Waals surface area contributed by atoms with Gasteiger partial charge in [-0.2, -0.15) is 11.8 Å². The molecular formula is C12H14N2O2S. The zero-order chi connectivity index (χ0) is 11.8. The van der Waals surface area contributed by atoms with E-state index in [1.165, 1.54) is 0 Å². The SMILES string of the molecule is O=c1[nH]c2ccc(O)cc2n1C1CCSCC1. The summed E-state index contributed by atoms with van der Waals surface area (Å²) < 4.78 is 1.80. The van der Waals surface area contributed by atoms with Gasteiger partial charge in [0.25, 0.3) is 0 Å². The first-order chi connectivity index (χ1) is 8.25. The fourth-order valence-corrected chi connectivity index (χ4v) is 3.50. The number of benzene rings is 1. The van der Waals surface area contributed by atoms with E-state index in [1.54, 1.807) is 22.8 Å². The number of hydrogen-bond acceptors (Lipinski definition) is 3. The fourth-order valence-electron chi connectivity index (χ4n) is 2.42. The summed E-state index contributed by atoms with van der Waals surface area (Å²) in [4.78, 5) is 14.8. The van der Waals surface area contributed by atoms with Crippen LogP contribution < -0.4 is 5.69 Å². The second-order valence-corrected chi connectivity index (χ2v) is 5.57. The van der Waals surface area contributed by atoms with E-state index in [2.05, 4.69) is 4.98 Å². The molecule has 0 aliphatic carbocycles. The van der Waals surface area contributed by atoms with Gasteiger partial charge in [-0.15, -0.1) is 0 Å². The van der Waals surface area contributed by atoms with Crippen molar-refractivity contribution in [1.82, 2.24) is 9.55 Å². The Morgan fingerprint density at radius 1 is 1.35 bits per heavy atom. The minimum Gasteiger partial charge on any atom is -0.508 e. The molecule has 1 aliphatic heterocycles. The van der Waals surface area contributed by atoms with Gasteiger partial charge in [-0.25, -0.2) is 4.79 Å². The molecule has 0 atom stereocenters. The zero-order valence-electron chi connectivity index (χ0n) is 9.35. The molecule has 1 fully saturated rings. The van der Waals surface area contributed by atoms with Crippen LogP contribution in [0.1, 0.15) is 18.9 Å². The van der Waals surface area contributed by atoms with Gasteiger partial charge in [-0.1, -0.05) is 0 Å². The van der Waals surface area contributed by atoms with Crippen LogP contribution in [-0.4, -0.2) is 26.2 Å². The Kier molecular flexibility index (Phi) is 2.63. The molecule has 0 unspecified atom stereocenters. The van der Waals surface area contributed by atoms with Gasteiger partial charge in [0, 0.05) is 12.1 Å². The Morgan fingerprint density at radius 3 is 2.88 bits per heavy atom. The first-order valence-electron chi connectivity index (χ1n) is 5.77. The average Bonchev–Trinajstić information content (AvgIpc) is 2.65. The zero-order valence-corrected chi connectivity index (χ0v) is 10.2.